The molecule has 0 spiro atoms. The molecule has 0 saturated carbocycles. The Labute approximate surface area is 236 Å². The van der Waals surface area contributed by atoms with Gasteiger partial charge in [-0.3, -0.25) is 9.69 Å². The maximum absolute atomic E-state index is 13.5. The van der Waals surface area contributed by atoms with Crippen molar-refractivity contribution in [3.05, 3.63) is 106 Å². The van der Waals surface area contributed by atoms with Crippen molar-refractivity contribution in [3.63, 3.8) is 0 Å². The van der Waals surface area contributed by atoms with Gasteiger partial charge in [0.25, 0.3) is 0 Å². The van der Waals surface area contributed by atoms with Gasteiger partial charge < -0.3 is 9.84 Å². The summed E-state index contributed by atoms with van der Waals surface area (Å²) in [6.07, 6.45) is -0.694. The van der Waals surface area contributed by atoms with Gasteiger partial charge in [0.05, 0.1) is 12.0 Å². The number of hydrogen-bond donors (Lipinski definition) is 1. The smallest absolute Gasteiger partial charge is 0.312 e. The van der Waals surface area contributed by atoms with E-state index in [2.05, 4.69) is 75.9 Å². The second-order valence-corrected chi connectivity index (χ2v) is 11.5. The summed E-state index contributed by atoms with van der Waals surface area (Å²) in [6, 6.07) is 22.9. The maximum Gasteiger partial charge on any atom is 0.312 e. The lowest BCUT2D eigenvalue weighted by atomic mass is 9.91. The normalized spacial score (nSPS) is 14.7. The molecule has 3 aromatic rings. The van der Waals surface area contributed by atoms with Crippen LogP contribution < -0.4 is 0 Å². The first-order valence-electron chi connectivity index (χ1n) is 14.3. The molecule has 4 nitrogen and oxygen atoms in total. The summed E-state index contributed by atoms with van der Waals surface area (Å²) in [5.74, 6) is -0.923. The number of ether oxygens (including phenoxy) is 1. The van der Waals surface area contributed by atoms with Gasteiger partial charge in [-0.2, -0.15) is 0 Å². The van der Waals surface area contributed by atoms with Gasteiger partial charge in [-0.05, 0) is 80.3 Å². The second kappa shape index (κ2) is 13.9. The van der Waals surface area contributed by atoms with Crippen molar-refractivity contribution in [1.29, 1.82) is 0 Å². The number of esters is 1. The summed E-state index contributed by atoms with van der Waals surface area (Å²) >= 11 is 0. The lowest BCUT2D eigenvalue weighted by molar-refractivity contribution is -0.163. The number of aryl methyl sites for hydroxylation is 4. The SMILES string of the molecule is CC[C@@H](C(=O)O[C@H](c1ccccc1)[C@H](C)N(Cc1ccccc1C)Cc1c(C)cc(C)cc1C)[C@@H](O)C(C)C. The fourth-order valence-corrected chi connectivity index (χ4v) is 5.52. The second-order valence-electron chi connectivity index (χ2n) is 11.5. The first kappa shape index (κ1) is 30.6. The quantitative estimate of drug-likeness (QED) is 0.245. The van der Waals surface area contributed by atoms with Crippen molar-refractivity contribution in [2.45, 2.75) is 93.2 Å². The van der Waals surface area contributed by atoms with Gasteiger partial charge in [0.15, 0.2) is 0 Å². The maximum atomic E-state index is 13.5. The molecule has 4 atom stereocenters. The zero-order chi connectivity index (χ0) is 28.7. The van der Waals surface area contributed by atoms with Gasteiger partial charge in [-0.1, -0.05) is 93.1 Å². The average molecular weight is 530 g/mol. The summed E-state index contributed by atoms with van der Waals surface area (Å²) < 4.78 is 6.35. The number of nitrogens with zero attached hydrogens (tertiary/aromatic N) is 1. The van der Waals surface area contributed by atoms with Crippen LogP contribution in [0.25, 0.3) is 0 Å². The van der Waals surface area contributed by atoms with Gasteiger partial charge in [-0.15, -0.1) is 0 Å². The van der Waals surface area contributed by atoms with E-state index in [0.717, 1.165) is 18.7 Å². The largest absolute Gasteiger partial charge is 0.456 e. The Morgan fingerprint density at radius 3 is 2.00 bits per heavy atom. The van der Waals surface area contributed by atoms with Gasteiger partial charge in [0.1, 0.15) is 6.10 Å². The van der Waals surface area contributed by atoms with Crippen LogP contribution in [0.2, 0.25) is 0 Å². The first-order valence-corrected chi connectivity index (χ1v) is 14.3. The minimum atomic E-state index is -0.741. The Hall–Kier alpha value is -2.95. The van der Waals surface area contributed by atoms with Crippen LogP contribution in [0.15, 0.2) is 66.7 Å². The first-order chi connectivity index (χ1) is 18.5. The van der Waals surface area contributed by atoms with Crippen LogP contribution in [0.4, 0.5) is 0 Å². The lowest BCUT2D eigenvalue weighted by Gasteiger charge is -2.37. The van der Waals surface area contributed by atoms with Gasteiger partial charge in [0, 0.05) is 19.1 Å². The number of benzene rings is 3. The molecular formula is C35H47NO3. The molecule has 0 radical (unpaired) electrons. The number of aliphatic hydroxyl groups excluding tert-OH is 1. The van der Waals surface area contributed by atoms with Crippen molar-refractivity contribution in [2.75, 3.05) is 0 Å². The van der Waals surface area contributed by atoms with Gasteiger partial charge in [-0.25, -0.2) is 0 Å². The van der Waals surface area contributed by atoms with Crippen LogP contribution in [0.5, 0.6) is 0 Å². The summed E-state index contributed by atoms with van der Waals surface area (Å²) in [7, 11) is 0. The topological polar surface area (TPSA) is 49.8 Å². The minimum absolute atomic E-state index is 0.0276. The molecule has 0 aromatic heterocycles. The van der Waals surface area contributed by atoms with Crippen molar-refractivity contribution in [2.24, 2.45) is 11.8 Å². The van der Waals surface area contributed by atoms with Gasteiger partial charge in [0.2, 0.25) is 0 Å². The zero-order valence-electron chi connectivity index (χ0n) is 25.1. The molecule has 4 heteroatoms. The number of hydrogen-bond acceptors (Lipinski definition) is 4. The Kier molecular flexibility index (Phi) is 10.9. The zero-order valence-corrected chi connectivity index (χ0v) is 25.1. The van der Waals surface area contributed by atoms with Crippen LogP contribution >= 0.6 is 0 Å². The van der Waals surface area contributed by atoms with E-state index >= 15 is 0 Å². The van der Waals surface area contributed by atoms with Crippen molar-refractivity contribution >= 4 is 5.97 Å². The molecule has 0 fully saturated rings. The van der Waals surface area contributed by atoms with Gasteiger partial charge >= 0.3 is 5.97 Å². The third-order valence-corrected chi connectivity index (χ3v) is 8.06. The summed E-state index contributed by atoms with van der Waals surface area (Å²) in [5, 5.41) is 10.8. The molecule has 0 aliphatic rings. The Morgan fingerprint density at radius 2 is 1.44 bits per heavy atom. The van der Waals surface area contributed by atoms with E-state index in [-0.39, 0.29) is 17.9 Å². The van der Waals surface area contributed by atoms with Crippen molar-refractivity contribution in [1.82, 2.24) is 4.90 Å². The highest BCUT2D eigenvalue weighted by molar-refractivity contribution is 5.73. The van der Waals surface area contributed by atoms with Crippen molar-refractivity contribution < 1.29 is 14.6 Å². The fourth-order valence-electron chi connectivity index (χ4n) is 5.52. The number of carbonyl (C=O) groups excluding carboxylic acids is 1. The highest BCUT2D eigenvalue weighted by Crippen LogP contribution is 2.31. The molecule has 0 aliphatic heterocycles. The Bertz CT molecular complexity index is 1200. The fraction of sp³-hybridized carbons (Fsp3) is 0.457. The standard InChI is InChI=1S/C35H47NO3/c1-9-31(33(37)23(2)3)35(38)39-34(29-16-11-10-12-17-29)28(8)36(21-30-18-14-13-15-25(30)5)22-32-26(6)19-24(4)20-27(32)7/h10-20,23,28,31,33-34,37H,9,21-22H2,1-8H3/t28-,31+,33-,34-/m0/s1. The van der Waals surface area contributed by atoms with Crippen molar-refractivity contribution in [3.8, 4) is 0 Å². The molecule has 0 amide bonds. The van der Waals surface area contributed by atoms with Crippen LogP contribution in [0, 0.1) is 39.5 Å². The Morgan fingerprint density at radius 1 is 0.846 bits per heavy atom. The van der Waals surface area contributed by atoms with Crippen LogP contribution in [-0.4, -0.2) is 28.1 Å². The Balaban J connectivity index is 2.04. The lowest BCUT2D eigenvalue weighted by Crippen LogP contribution is -2.41. The molecule has 0 unspecified atom stereocenters. The van der Waals surface area contributed by atoms with E-state index in [0.29, 0.717) is 6.42 Å². The predicted octanol–water partition coefficient (Wildman–Crippen LogP) is 7.64. The van der Waals surface area contributed by atoms with Crippen LogP contribution in [-0.2, 0) is 22.6 Å². The molecule has 0 bridgehead atoms. The highest BCUT2D eigenvalue weighted by atomic mass is 16.5. The summed E-state index contributed by atoms with van der Waals surface area (Å²) in [6.45, 7) is 18.1. The highest BCUT2D eigenvalue weighted by Gasteiger charge is 2.34. The van der Waals surface area contributed by atoms with E-state index in [1.54, 1.807) is 0 Å². The summed E-state index contributed by atoms with van der Waals surface area (Å²) in [4.78, 5) is 16.0. The molecular weight excluding hydrogens is 482 g/mol. The average Bonchev–Trinajstić information content (AvgIpc) is 2.90. The summed E-state index contributed by atoms with van der Waals surface area (Å²) in [5.41, 5.74) is 8.57. The molecule has 0 saturated heterocycles. The number of carbonyl (C=O) groups is 1. The minimum Gasteiger partial charge on any atom is -0.456 e. The molecule has 3 aromatic carbocycles. The van der Waals surface area contributed by atoms with E-state index < -0.39 is 18.1 Å². The predicted molar refractivity (Wildman–Crippen MR) is 160 cm³/mol. The molecule has 39 heavy (non-hydrogen) atoms. The van der Waals surface area contributed by atoms with Crippen LogP contribution in [0.3, 0.4) is 0 Å². The molecule has 0 heterocycles. The van der Waals surface area contributed by atoms with Crippen LogP contribution in [0.1, 0.15) is 79.2 Å². The number of aliphatic hydroxyl groups is 1. The molecule has 210 valence electrons. The van der Waals surface area contributed by atoms with E-state index in [9.17, 15) is 9.90 Å². The van der Waals surface area contributed by atoms with E-state index in [4.69, 9.17) is 4.74 Å². The van der Waals surface area contributed by atoms with E-state index in [1.165, 1.54) is 33.4 Å². The third-order valence-electron chi connectivity index (χ3n) is 8.06. The monoisotopic (exact) mass is 529 g/mol. The third kappa shape index (κ3) is 7.80. The molecule has 1 N–H and O–H groups in total. The van der Waals surface area contributed by atoms with E-state index in [1.807, 2.05) is 51.1 Å². The number of rotatable bonds is 12. The molecule has 3 rings (SSSR count). The molecule has 0 aliphatic carbocycles.